The van der Waals surface area contributed by atoms with Gasteiger partial charge >= 0.3 is 0 Å². The molecule has 1 aliphatic rings. The largest absolute Gasteiger partial charge is 0.511 e. The SMILES string of the molecule is C/C(C(=O)C(C)(C(C)C)C(C)C)=C(/O)C(C)(C(C)C)C(C)C.CC(C)(C)c1cc(-c2nccc3c2sc2cc4c(cc23)C(C)(C)CCC4(C)C)[c-]c2ccccc12.[Ir]. The second kappa shape index (κ2) is 16.9. The molecule has 0 fully saturated rings. The van der Waals surface area contributed by atoms with Gasteiger partial charge in [0.1, 0.15) is 5.76 Å². The summed E-state index contributed by atoms with van der Waals surface area (Å²) in [6.07, 6.45) is 4.45. The average Bonchev–Trinajstić information content (AvgIpc) is 3.51. The number of aromatic nitrogens is 1. The van der Waals surface area contributed by atoms with Crippen LogP contribution >= 0.6 is 11.3 Å². The van der Waals surface area contributed by atoms with Gasteiger partial charge in [-0.3, -0.25) is 9.78 Å². The van der Waals surface area contributed by atoms with Crippen molar-refractivity contribution >= 4 is 48.1 Å². The number of fused-ring (bicyclic) bond motifs is 5. The Kier molecular flexibility index (Phi) is 13.9. The molecule has 0 aliphatic heterocycles. The van der Waals surface area contributed by atoms with Gasteiger partial charge < -0.3 is 5.11 Å². The van der Waals surface area contributed by atoms with E-state index in [0.717, 1.165) is 16.6 Å². The molecule has 0 amide bonds. The first-order valence-corrected chi connectivity index (χ1v) is 22.3. The Morgan fingerprint density at radius 3 is 1.78 bits per heavy atom. The Morgan fingerprint density at radius 1 is 0.741 bits per heavy atom. The van der Waals surface area contributed by atoms with Gasteiger partial charge in [-0.15, -0.1) is 40.5 Å². The van der Waals surface area contributed by atoms with Gasteiger partial charge in [-0.05, 0) is 94.4 Å². The summed E-state index contributed by atoms with van der Waals surface area (Å²) in [5.74, 6) is 1.34. The smallest absolute Gasteiger partial charge is 0.168 e. The molecule has 6 rings (SSSR count). The number of benzene rings is 3. The third-order valence-electron chi connectivity index (χ3n) is 14.7. The molecule has 3 nitrogen and oxygen atoms in total. The maximum atomic E-state index is 13.2. The third kappa shape index (κ3) is 8.40. The Balaban J connectivity index is 0.000000283. The van der Waals surface area contributed by atoms with Crippen LogP contribution < -0.4 is 0 Å². The number of hydrogen-bond acceptors (Lipinski definition) is 4. The summed E-state index contributed by atoms with van der Waals surface area (Å²) in [6, 6.07) is 21.9. The maximum Gasteiger partial charge on any atom is 0.168 e. The summed E-state index contributed by atoms with van der Waals surface area (Å²) >= 11 is 1.89. The number of ketones is 1. The Labute approximate surface area is 369 Å². The van der Waals surface area contributed by atoms with Crippen molar-refractivity contribution < 1.29 is 30.0 Å². The fourth-order valence-corrected chi connectivity index (χ4v) is 10.5. The summed E-state index contributed by atoms with van der Waals surface area (Å²) in [4.78, 5) is 18.1. The maximum absolute atomic E-state index is 13.2. The van der Waals surface area contributed by atoms with Crippen molar-refractivity contribution in [1.29, 1.82) is 0 Å². The number of nitrogens with zero attached hydrogens (tertiary/aromatic N) is 1. The number of carbonyl (C=O) groups excluding carboxylic acids is 1. The summed E-state index contributed by atoms with van der Waals surface area (Å²) in [7, 11) is 0. The minimum atomic E-state index is -0.451. The molecular weight excluding hydrogens is 907 g/mol. The first kappa shape index (κ1) is 47.8. The van der Waals surface area contributed by atoms with Crippen molar-refractivity contribution in [3.63, 3.8) is 0 Å². The quantitative estimate of drug-likeness (QED) is 0.0957. The number of aliphatic hydroxyl groups is 1. The van der Waals surface area contributed by atoms with Crippen LogP contribution in [0, 0.1) is 40.6 Å². The topological polar surface area (TPSA) is 50.2 Å². The van der Waals surface area contributed by atoms with Crippen LogP contribution in [0.2, 0.25) is 0 Å². The van der Waals surface area contributed by atoms with E-state index in [1.54, 1.807) is 6.92 Å². The average molecular weight is 979 g/mol. The van der Waals surface area contributed by atoms with Crippen LogP contribution in [0.3, 0.4) is 0 Å². The zero-order valence-corrected chi connectivity index (χ0v) is 42.2. The van der Waals surface area contributed by atoms with Gasteiger partial charge in [0.2, 0.25) is 0 Å². The zero-order valence-electron chi connectivity index (χ0n) is 39.0. The number of pyridine rings is 1. The minimum absolute atomic E-state index is 0. The number of rotatable bonds is 8. The van der Waals surface area contributed by atoms with Crippen LogP contribution in [0.15, 0.2) is 66.1 Å². The van der Waals surface area contributed by atoms with E-state index >= 15 is 0 Å². The molecule has 1 N–H and O–H groups in total. The van der Waals surface area contributed by atoms with Crippen molar-refractivity contribution in [1.82, 2.24) is 4.98 Å². The van der Waals surface area contributed by atoms with E-state index in [4.69, 9.17) is 4.98 Å². The fourth-order valence-electron chi connectivity index (χ4n) is 9.25. The van der Waals surface area contributed by atoms with E-state index in [1.165, 1.54) is 55.1 Å². The van der Waals surface area contributed by atoms with Gasteiger partial charge in [0.15, 0.2) is 5.78 Å². The molecule has 5 aromatic rings. The van der Waals surface area contributed by atoms with Crippen molar-refractivity contribution in [2.24, 2.45) is 34.5 Å². The molecule has 0 saturated carbocycles. The Morgan fingerprint density at radius 2 is 1.26 bits per heavy atom. The second-order valence-electron chi connectivity index (χ2n) is 21.2. The number of thiophene rings is 1. The van der Waals surface area contributed by atoms with Crippen molar-refractivity contribution in [2.75, 3.05) is 0 Å². The number of allylic oxidation sites excluding steroid dienone is 2. The van der Waals surface area contributed by atoms with Crippen LogP contribution in [-0.4, -0.2) is 15.9 Å². The second-order valence-corrected chi connectivity index (χ2v) is 22.2. The van der Waals surface area contributed by atoms with E-state index in [-0.39, 0.29) is 77.0 Å². The van der Waals surface area contributed by atoms with Gasteiger partial charge in [-0.2, -0.15) is 0 Å². The van der Waals surface area contributed by atoms with E-state index in [0.29, 0.717) is 5.57 Å². The normalized spacial score (nSPS) is 16.1. The fraction of sp³-hybridized carbons (Fsp3) is 0.547. The Hall–Kier alpha value is -2.85. The van der Waals surface area contributed by atoms with Crippen molar-refractivity contribution in [3.8, 4) is 11.3 Å². The molecule has 317 valence electrons. The Bertz CT molecular complexity index is 2310. The van der Waals surface area contributed by atoms with Gasteiger partial charge in [0.25, 0.3) is 0 Å². The monoisotopic (exact) mass is 979 g/mol. The van der Waals surface area contributed by atoms with Crippen LogP contribution in [0.25, 0.3) is 42.2 Å². The molecule has 2 heterocycles. The summed E-state index contributed by atoms with van der Waals surface area (Å²) < 4.78 is 2.64. The molecule has 0 atom stereocenters. The van der Waals surface area contributed by atoms with Crippen molar-refractivity contribution in [2.45, 2.75) is 154 Å². The van der Waals surface area contributed by atoms with E-state index in [2.05, 4.69) is 165 Å². The molecule has 1 aliphatic carbocycles. The van der Waals surface area contributed by atoms with Gasteiger partial charge in [0, 0.05) is 63.2 Å². The molecular formula is C53H72IrNO2S-. The third-order valence-corrected chi connectivity index (χ3v) is 15.9. The van der Waals surface area contributed by atoms with Gasteiger partial charge in [-0.1, -0.05) is 147 Å². The first-order chi connectivity index (χ1) is 26.2. The molecule has 1 radical (unpaired) electrons. The minimum Gasteiger partial charge on any atom is -0.511 e. The summed E-state index contributed by atoms with van der Waals surface area (Å²) in [6.45, 7) is 39.2. The van der Waals surface area contributed by atoms with Gasteiger partial charge in [0.05, 0.1) is 0 Å². The number of Topliss-reactive ketones (excluding diaryl/α,β-unsaturated/α-hetero) is 1. The van der Waals surface area contributed by atoms with Crippen LogP contribution in [-0.2, 0) is 41.1 Å². The zero-order chi connectivity index (χ0) is 42.8. The van der Waals surface area contributed by atoms with E-state index in [9.17, 15) is 9.90 Å². The molecule has 2 aromatic heterocycles. The van der Waals surface area contributed by atoms with Gasteiger partial charge in [-0.25, -0.2) is 0 Å². The molecule has 5 heteroatoms. The number of aliphatic hydroxyl groups excluding tert-OH is 1. The first-order valence-electron chi connectivity index (χ1n) is 21.5. The molecule has 3 aromatic carbocycles. The molecule has 0 bridgehead atoms. The van der Waals surface area contributed by atoms with E-state index < -0.39 is 5.41 Å². The number of hydrogen-bond donors (Lipinski definition) is 1. The predicted octanol–water partition coefficient (Wildman–Crippen LogP) is 15.7. The predicted molar refractivity (Wildman–Crippen MR) is 249 cm³/mol. The molecule has 0 spiro atoms. The molecule has 0 unspecified atom stereocenters. The number of carbonyl (C=O) groups is 1. The molecule has 58 heavy (non-hydrogen) atoms. The van der Waals surface area contributed by atoms with Crippen LogP contribution in [0.1, 0.15) is 154 Å². The van der Waals surface area contributed by atoms with Crippen molar-refractivity contribution in [3.05, 3.63) is 88.8 Å². The summed E-state index contributed by atoms with van der Waals surface area (Å²) in [5.41, 5.74) is 6.69. The van der Waals surface area contributed by atoms with Crippen LogP contribution in [0.5, 0.6) is 0 Å². The van der Waals surface area contributed by atoms with E-state index in [1.807, 2.05) is 24.5 Å². The molecule has 0 saturated heterocycles. The van der Waals surface area contributed by atoms with Crippen LogP contribution in [0.4, 0.5) is 0 Å². The standard InChI is InChI=1S/C33H34NS.C20H38O2.Ir/c1-31(2,3)25-17-21(16-20-10-8-9-11-22(20)25)29-30-23(12-15-34-29)24-18-26-27(19-28(24)35-30)33(6,7)14-13-32(26,4)5;1-12(2)19(10,13(3)4)17(21)16(9)18(22)20(11,14(5)6)15(7)8;/h8-12,15,17-19H,13-14H2,1-7H3;12-15,21H,1-11H3;/q-1;;/b;17-16-;. The summed E-state index contributed by atoms with van der Waals surface area (Å²) in [5, 5.41) is 16.1.